The van der Waals surface area contributed by atoms with E-state index in [4.69, 9.17) is 13.7 Å². The van der Waals surface area contributed by atoms with Gasteiger partial charge in [0.2, 0.25) is 0 Å². The number of carbonyl (C=O) groups excluding carboxylic acids is 2. The number of esters is 2. The molecular weight excluding hydrogens is 328 g/mol. The zero-order chi connectivity index (χ0) is 16.8. The lowest BCUT2D eigenvalue weighted by molar-refractivity contribution is -0.0102. The van der Waals surface area contributed by atoms with E-state index in [0.29, 0.717) is 16.9 Å². The van der Waals surface area contributed by atoms with Crippen LogP contribution in [0.25, 0.3) is 0 Å². The maximum Gasteiger partial charge on any atom is 0.338 e. The van der Waals surface area contributed by atoms with E-state index in [1.807, 2.05) is 12.1 Å². The van der Waals surface area contributed by atoms with Crippen LogP contribution in [0.2, 0.25) is 0 Å². The van der Waals surface area contributed by atoms with Gasteiger partial charge in [-0.3, -0.25) is 0 Å². The summed E-state index contributed by atoms with van der Waals surface area (Å²) in [5.41, 5.74) is 0.954. The standard InChI is InChI=1S/C18H16O5S/c19-17(13-7-3-1-4-8-13)21-11-15-16(12-24-23-15)22-18(20)14-9-5-2-6-10-14/h1-10,15-16H,11-12H2/t15-,16?/m1/s1. The van der Waals surface area contributed by atoms with Gasteiger partial charge >= 0.3 is 11.9 Å². The summed E-state index contributed by atoms with van der Waals surface area (Å²) in [5, 5.41) is 0. The molecule has 2 aromatic rings. The summed E-state index contributed by atoms with van der Waals surface area (Å²) in [4.78, 5) is 24.1. The smallest absolute Gasteiger partial charge is 0.338 e. The van der Waals surface area contributed by atoms with Crippen LogP contribution in [0.4, 0.5) is 0 Å². The van der Waals surface area contributed by atoms with Gasteiger partial charge in [0.25, 0.3) is 0 Å². The van der Waals surface area contributed by atoms with E-state index in [0.717, 1.165) is 0 Å². The van der Waals surface area contributed by atoms with Crippen LogP contribution in [0.3, 0.4) is 0 Å². The number of rotatable bonds is 5. The number of carbonyl (C=O) groups is 2. The van der Waals surface area contributed by atoms with Crippen LogP contribution in [0, 0.1) is 0 Å². The topological polar surface area (TPSA) is 61.8 Å². The van der Waals surface area contributed by atoms with Gasteiger partial charge in [-0.05, 0) is 36.3 Å². The molecule has 1 fully saturated rings. The largest absolute Gasteiger partial charge is 0.459 e. The first-order valence-electron chi connectivity index (χ1n) is 7.50. The Balaban J connectivity index is 1.54. The van der Waals surface area contributed by atoms with Crippen molar-refractivity contribution < 1.29 is 23.2 Å². The summed E-state index contributed by atoms with van der Waals surface area (Å²) in [6.07, 6.45) is -0.929. The van der Waals surface area contributed by atoms with Gasteiger partial charge in [-0.2, -0.15) is 0 Å². The Morgan fingerprint density at radius 1 is 0.958 bits per heavy atom. The zero-order valence-corrected chi connectivity index (χ0v) is 13.6. The van der Waals surface area contributed by atoms with Crippen LogP contribution < -0.4 is 0 Å². The molecule has 0 aromatic heterocycles. The van der Waals surface area contributed by atoms with Crippen LogP contribution >= 0.6 is 12.0 Å². The Hall–Kier alpha value is -2.31. The molecule has 5 nitrogen and oxygen atoms in total. The lowest BCUT2D eigenvalue weighted by Crippen LogP contribution is -2.33. The van der Waals surface area contributed by atoms with Crippen LogP contribution in [0.15, 0.2) is 60.7 Å². The average molecular weight is 344 g/mol. The molecule has 6 heteroatoms. The number of benzene rings is 2. The van der Waals surface area contributed by atoms with Gasteiger partial charge in [-0.15, -0.1) is 0 Å². The summed E-state index contributed by atoms with van der Waals surface area (Å²) in [5.74, 6) is -0.332. The Bertz CT molecular complexity index is 689. The second-order valence-electron chi connectivity index (χ2n) is 5.19. The highest BCUT2D eigenvalue weighted by molar-refractivity contribution is 7.94. The molecule has 2 atom stereocenters. The molecule has 1 unspecified atom stereocenters. The number of hydrogen-bond donors (Lipinski definition) is 0. The van der Waals surface area contributed by atoms with Crippen molar-refractivity contribution in [3.8, 4) is 0 Å². The van der Waals surface area contributed by atoms with Crippen molar-refractivity contribution in [2.45, 2.75) is 12.2 Å². The van der Waals surface area contributed by atoms with Crippen molar-refractivity contribution in [3.63, 3.8) is 0 Å². The summed E-state index contributed by atoms with van der Waals surface area (Å²) in [7, 11) is 0. The summed E-state index contributed by atoms with van der Waals surface area (Å²) in [6.45, 7) is 0.0352. The minimum absolute atomic E-state index is 0.0352. The molecule has 0 spiro atoms. The van der Waals surface area contributed by atoms with E-state index in [2.05, 4.69) is 0 Å². The fourth-order valence-corrected chi connectivity index (χ4v) is 3.05. The minimum atomic E-state index is -0.477. The first kappa shape index (κ1) is 16.5. The van der Waals surface area contributed by atoms with Crippen molar-refractivity contribution in [2.24, 2.45) is 0 Å². The lowest BCUT2D eigenvalue weighted by Gasteiger charge is -2.18. The molecule has 1 aliphatic rings. The highest BCUT2D eigenvalue weighted by Crippen LogP contribution is 2.26. The molecule has 3 rings (SSSR count). The molecule has 0 saturated carbocycles. The third-order valence-corrected chi connectivity index (χ3v) is 4.34. The van der Waals surface area contributed by atoms with Gasteiger partial charge in [-0.25, -0.2) is 9.59 Å². The summed E-state index contributed by atoms with van der Waals surface area (Å²) >= 11 is 1.21. The molecule has 2 aromatic carbocycles. The number of ether oxygens (including phenoxy) is 2. The predicted octanol–water partition coefficient (Wildman–Crippen LogP) is 3.12. The molecule has 24 heavy (non-hydrogen) atoms. The molecule has 0 N–H and O–H groups in total. The van der Waals surface area contributed by atoms with Gasteiger partial charge in [0, 0.05) is 0 Å². The normalized spacial score (nSPS) is 19.7. The highest BCUT2D eigenvalue weighted by Gasteiger charge is 2.34. The Morgan fingerprint density at radius 2 is 1.54 bits per heavy atom. The van der Waals surface area contributed by atoms with E-state index in [9.17, 15) is 9.59 Å². The van der Waals surface area contributed by atoms with E-state index in [1.54, 1.807) is 48.5 Å². The van der Waals surface area contributed by atoms with Crippen LogP contribution in [0.5, 0.6) is 0 Å². The van der Waals surface area contributed by atoms with E-state index in [1.165, 1.54) is 12.0 Å². The fourth-order valence-electron chi connectivity index (χ4n) is 2.20. The van der Waals surface area contributed by atoms with Gasteiger partial charge in [-0.1, -0.05) is 36.4 Å². The lowest BCUT2D eigenvalue weighted by atomic mass is 10.2. The van der Waals surface area contributed by atoms with Crippen molar-refractivity contribution in [1.29, 1.82) is 0 Å². The average Bonchev–Trinajstić information content (AvgIpc) is 3.08. The second kappa shape index (κ2) is 7.99. The zero-order valence-electron chi connectivity index (χ0n) is 12.8. The van der Waals surface area contributed by atoms with E-state index >= 15 is 0 Å². The Kier molecular flexibility index (Phi) is 5.51. The predicted molar refractivity (Wildman–Crippen MR) is 89.7 cm³/mol. The Morgan fingerprint density at radius 3 is 2.17 bits per heavy atom. The van der Waals surface area contributed by atoms with E-state index in [-0.39, 0.29) is 6.61 Å². The third kappa shape index (κ3) is 4.15. The number of hydrogen-bond acceptors (Lipinski definition) is 6. The van der Waals surface area contributed by atoms with Gasteiger partial charge in [0.15, 0.2) is 0 Å². The van der Waals surface area contributed by atoms with Crippen molar-refractivity contribution >= 4 is 24.0 Å². The molecule has 1 saturated heterocycles. The van der Waals surface area contributed by atoms with Crippen LogP contribution in [-0.2, 0) is 13.7 Å². The maximum absolute atomic E-state index is 12.1. The molecule has 0 bridgehead atoms. The summed E-state index contributed by atoms with van der Waals surface area (Å²) in [6, 6.07) is 17.5. The minimum Gasteiger partial charge on any atom is -0.459 e. The van der Waals surface area contributed by atoms with Gasteiger partial charge < -0.3 is 13.7 Å². The maximum atomic E-state index is 12.1. The first-order chi connectivity index (χ1) is 11.7. The molecule has 1 heterocycles. The van der Waals surface area contributed by atoms with E-state index < -0.39 is 24.1 Å². The fraction of sp³-hybridized carbons (Fsp3) is 0.222. The SMILES string of the molecule is O=C(OC[C@H]1OSCC1OC(=O)c1ccccc1)c1ccccc1. The third-order valence-electron chi connectivity index (χ3n) is 3.49. The molecule has 0 amide bonds. The van der Waals surface area contributed by atoms with Crippen LogP contribution in [-0.4, -0.2) is 36.5 Å². The highest BCUT2D eigenvalue weighted by atomic mass is 32.2. The molecular formula is C18H16O5S. The van der Waals surface area contributed by atoms with Crippen molar-refractivity contribution in [3.05, 3.63) is 71.8 Å². The van der Waals surface area contributed by atoms with Crippen molar-refractivity contribution in [1.82, 2.24) is 0 Å². The second-order valence-corrected chi connectivity index (χ2v) is 5.95. The summed E-state index contributed by atoms with van der Waals surface area (Å²) < 4.78 is 16.2. The monoisotopic (exact) mass is 344 g/mol. The van der Waals surface area contributed by atoms with Crippen molar-refractivity contribution in [2.75, 3.05) is 12.4 Å². The molecule has 0 radical (unpaired) electrons. The Labute approximate surface area is 144 Å². The first-order valence-corrected chi connectivity index (χ1v) is 8.41. The molecule has 124 valence electrons. The molecule has 0 aliphatic carbocycles. The van der Waals surface area contributed by atoms with Crippen LogP contribution in [0.1, 0.15) is 20.7 Å². The molecule has 1 aliphatic heterocycles. The van der Waals surface area contributed by atoms with Gasteiger partial charge in [0.1, 0.15) is 18.8 Å². The van der Waals surface area contributed by atoms with Gasteiger partial charge in [0.05, 0.1) is 16.9 Å². The quantitative estimate of drug-likeness (QED) is 0.613.